The predicted octanol–water partition coefficient (Wildman–Crippen LogP) is 6.82. The molecule has 40 heavy (non-hydrogen) atoms. The Balaban J connectivity index is 1.57. The van der Waals surface area contributed by atoms with Gasteiger partial charge in [-0.2, -0.15) is 5.10 Å². The van der Waals surface area contributed by atoms with E-state index in [0.717, 1.165) is 53.0 Å². The van der Waals surface area contributed by atoms with Gasteiger partial charge in [0.25, 0.3) is 11.6 Å². The average molecular weight is 558 g/mol. The fourth-order valence-electron chi connectivity index (χ4n) is 5.46. The number of carbonyl (C=O) groups is 1. The number of halogens is 1. The lowest BCUT2D eigenvalue weighted by atomic mass is 9.77. The van der Waals surface area contributed by atoms with E-state index in [4.69, 9.17) is 16.7 Å². The third kappa shape index (κ3) is 5.31. The van der Waals surface area contributed by atoms with E-state index < -0.39 is 10.8 Å². The van der Waals surface area contributed by atoms with Crippen LogP contribution < -0.4 is 9.80 Å². The summed E-state index contributed by atoms with van der Waals surface area (Å²) in [5.41, 5.74) is 6.12. The van der Waals surface area contributed by atoms with Gasteiger partial charge in [-0.05, 0) is 78.4 Å². The minimum absolute atomic E-state index is 0.00992. The van der Waals surface area contributed by atoms with Crippen LogP contribution in [0.15, 0.2) is 77.4 Å². The lowest BCUT2D eigenvalue weighted by molar-refractivity contribution is -0.384. The molecule has 0 aromatic heterocycles. The maximum atomic E-state index is 13.9. The van der Waals surface area contributed by atoms with Crippen LogP contribution in [-0.4, -0.2) is 49.7 Å². The van der Waals surface area contributed by atoms with Crippen molar-refractivity contribution >= 4 is 46.4 Å². The summed E-state index contributed by atoms with van der Waals surface area (Å²) in [5, 5.41) is 18.0. The highest BCUT2D eigenvalue weighted by Crippen LogP contribution is 2.45. The Morgan fingerprint density at radius 1 is 1.00 bits per heavy atom. The minimum atomic E-state index is -0.575. The summed E-state index contributed by atoms with van der Waals surface area (Å²) in [6.45, 7) is 0. The first-order chi connectivity index (χ1) is 19.1. The summed E-state index contributed by atoms with van der Waals surface area (Å²) in [5.74, 6) is -0.379. The smallest absolute Gasteiger partial charge is 0.288 e. The van der Waals surface area contributed by atoms with Gasteiger partial charge >= 0.3 is 0 Å². The zero-order valence-electron chi connectivity index (χ0n) is 23.0. The molecular formula is C31H32ClN5O3. The molecule has 5 rings (SSSR count). The van der Waals surface area contributed by atoms with Crippen molar-refractivity contribution in [1.29, 1.82) is 0 Å². The van der Waals surface area contributed by atoms with Gasteiger partial charge in [0.15, 0.2) is 0 Å². The standard InChI is InChI=1S/C31H32ClN5O3/c1-34(2)24-13-8-20(9-14-24)18-22-6-5-7-26-29(22)33-36(30(26)21-10-15-25(16-11-21)35(3)4)31(38)23-12-17-27(32)28(19-23)37(39)40/h8-19,26,30H,5-7H2,1-4H3. The molecule has 2 unspecified atom stereocenters. The Labute approximate surface area is 239 Å². The van der Waals surface area contributed by atoms with Gasteiger partial charge in [0.1, 0.15) is 5.02 Å². The van der Waals surface area contributed by atoms with Crippen LogP contribution in [0.4, 0.5) is 17.1 Å². The Morgan fingerprint density at radius 3 is 2.23 bits per heavy atom. The quantitative estimate of drug-likeness (QED) is 0.245. The number of amides is 1. The first kappa shape index (κ1) is 27.4. The van der Waals surface area contributed by atoms with E-state index in [0.29, 0.717) is 0 Å². The van der Waals surface area contributed by atoms with E-state index in [1.807, 2.05) is 57.4 Å². The van der Waals surface area contributed by atoms with E-state index in [1.165, 1.54) is 23.2 Å². The average Bonchev–Trinajstić information content (AvgIpc) is 3.33. The maximum Gasteiger partial charge on any atom is 0.288 e. The van der Waals surface area contributed by atoms with Crippen LogP contribution in [0.2, 0.25) is 5.02 Å². The highest BCUT2D eigenvalue weighted by atomic mass is 35.5. The second-order valence-corrected chi connectivity index (χ2v) is 11.1. The number of anilines is 2. The molecule has 0 radical (unpaired) electrons. The molecule has 1 aliphatic carbocycles. The number of carbonyl (C=O) groups excluding carboxylic acids is 1. The predicted molar refractivity (Wildman–Crippen MR) is 161 cm³/mol. The minimum Gasteiger partial charge on any atom is -0.378 e. The zero-order chi connectivity index (χ0) is 28.6. The molecule has 9 heteroatoms. The molecule has 1 saturated carbocycles. The zero-order valence-corrected chi connectivity index (χ0v) is 23.8. The van der Waals surface area contributed by atoms with Gasteiger partial charge in [-0.1, -0.05) is 35.9 Å². The molecule has 0 spiro atoms. The molecule has 0 N–H and O–H groups in total. The summed E-state index contributed by atoms with van der Waals surface area (Å²) >= 11 is 6.03. The van der Waals surface area contributed by atoms with Gasteiger partial charge < -0.3 is 9.80 Å². The summed E-state index contributed by atoms with van der Waals surface area (Å²) in [4.78, 5) is 29.0. The molecule has 0 bridgehead atoms. The molecule has 1 heterocycles. The van der Waals surface area contributed by atoms with Crippen molar-refractivity contribution in [2.45, 2.75) is 25.3 Å². The molecule has 3 aromatic rings. The van der Waals surface area contributed by atoms with Crippen molar-refractivity contribution in [3.8, 4) is 0 Å². The van der Waals surface area contributed by atoms with Crippen LogP contribution >= 0.6 is 11.6 Å². The fraction of sp³-hybridized carbons (Fsp3) is 0.290. The lowest BCUT2D eigenvalue weighted by Crippen LogP contribution is -2.32. The van der Waals surface area contributed by atoms with E-state index >= 15 is 0 Å². The number of hydrazone groups is 1. The molecule has 3 aromatic carbocycles. The summed E-state index contributed by atoms with van der Waals surface area (Å²) in [6, 6.07) is 20.3. The van der Waals surface area contributed by atoms with Crippen LogP contribution in [0, 0.1) is 16.0 Å². The molecular weight excluding hydrogens is 526 g/mol. The topological polar surface area (TPSA) is 82.3 Å². The third-order valence-corrected chi connectivity index (χ3v) is 7.92. The highest BCUT2D eigenvalue weighted by Gasteiger charge is 2.44. The fourth-order valence-corrected chi connectivity index (χ4v) is 5.65. The van der Waals surface area contributed by atoms with Gasteiger partial charge in [-0.25, -0.2) is 5.01 Å². The summed E-state index contributed by atoms with van der Waals surface area (Å²) in [6.07, 6.45) is 4.90. The largest absolute Gasteiger partial charge is 0.378 e. The molecule has 0 saturated heterocycles. The number of allylic oxidation sites excluding steroid dienone is 1. The third-order valence-electron chi connectivity index (χ3n) is 7.60. The number of hydrogen-bond acceptors (Lipinski definition) is 6. The number of rotatable bonds is 6. The van der Waals surface area contributed by atoms with Crippen molar-refractivity contribution in [3.05, 3.63) is 104 Å². The van der Waals surface area contributed by atoms with Crippen LogP contribution in [0.3, 0.4) is 0 Å². The molecule has 1 aliphatic heterocycles. The van der Waals surface area contributed by atoms with Crippen molar-refractivity contribution in [2.75, 3.05) is 38.0 Å². The van der Waals surface area contributed by atoms with Gasteiger partial charge in [0.2, 0.25) is 0 Å². The molecule has 2 atom stereocenters. The van der Waals surface area contributed by atoms with Crippen LogP contribution in [0.1, 0.15) is 46.8 Å². The second-order valence-electron chi connectivity index (χ2n) is 10.6. The number of nitro benzene ring substituents is 1. The van der Waals surface area contributed by atoms with Crippen LogP contribution in [-0.2, 0) is 0 Å². The van der Waals surface area contributed by atoms with E-state index in [-0.39, 0.29) is 28.2 Å². The van der Waals surface area contributed by atoms with Gasteiger partial charge in [0, 0.05) is 57.1 Å². The van der Waals surface area contributed by atoms with Crippen molar-refractivity contribution in [1.82, 2.24) is 5.01 Å². The second kappa shape index (κ2) is 11.1. The van der Waals surface area contributed by atoms with Crippen molar-refractivity contribution < 1.29 is 9.72 Å². The van der Waals surface area contributed by atoms with Gasteiger partial charge in [0.05, 0.1) is 16.7 Å². The van der Waals surface area contributed by atoms with E-state index in [2.05, 4.69) is 35.2 Å². The number of hydrogen-bond donors (Lipinski definition) is 0. The molecule has 1 amide bonds. The number of fused-ring (bicyclic) bond motifs is 1. The van der Waals surface area contributed by atoms with Crippen LogP contribution in [0.25, 0.3) is 6.08 Å². The Morgan fingerprint density at radius 2 is 1.62 bits per heavy atom. The SMILES string of the molecule is CN(C)c1ccc(C=C2CCCC3C2=NN(C(=O)c2ccc(Cl)c([N+](=O)[O-])c2)C3c2ccc(N(C)C)cc2)cc1. The lowest BCUT2D eigenvalue weighted by Gasteiger charge is -2.30. The number of nitro groups is 1. The normalized spacial score (nSPS) is 19.3. The van der Waals surface area contributed by atoms with E-state index in [1.54, 1.807) is 0 Å². The van der Waals surface area contributed by atoms with E-state index in [9.17, 15) is 14.9 Å². The summed E-state index contributed by atoms with van der Waals surface area (Å²) in [7, 11) is 7.99. The first-order valence-corrected chi connectivity index (χ1v) is 13.6. The molecule has 1 fully saturated rings. The molecule has 2 aliphatic rings. The Kier molecular flexibility index (Phi) is 7.63. The molecule has 8 nitrogen and oxygen atoms in total. The van der Waals surface area contributed by atoms with Gasteiger partial charge in [-0.15, -0.1) is 0 Å². The monoisotopic (exact) mass is 557 g/mol. The van der Waals surface area contributed by atoms with Crippen molar-refractivity contribution in [3.63, 3.8) is 0 Å². The summed E-state index contributed by atoms with van der Waals surface area (Å²) < 4.78 is 0. The molecule has 206 valence electrons. The number of benzene rings is 3. The van der Waals surface area contributed by atoms with Crippen LogP contribution in [0.5, 0.6) is 0 Å². The van der Waals surface area contributed by atoms with Gasteiger partial charge in [-0.3, -0.25) is 14.9 Å². The highest BCUT2D eigenvalue weighted by molar-refractivity contribution is 6.32. The maximum absolute atomic E-state index is 13.9. The first-order valence-electron chi connectivity index (χ1n) is 13.3. The number of nitrogens with zero attached hydrogens (tertiary/aromatic N) is 5. The Bertz CT molecular complexity index is 1500. The van der Waals surface area contributed by atoms with Crippen molar-refractivity contribution in [2.24, 2.45) is 11.0 Å². The Hall–Kier alpha value is -4.17.